The number of likely N-dealkylation sites (tertiary alicyclic amines) is 1. The Morgan fingerprint density at radius 2 is 2.05 bits per heavy atom. The highest BCUT2D eigenvalue weighted by molar-refractivity contribution is 5.68. The Bertz CT molecular complexity index is 635. The van der Waals surface area contributed by atoms with Gasteiger partial charge in [-0.3, -0.25) is 4.99 Å². The Labute approximate surface area is 130 Å². The van der Waals surface area contributed by atoms with Crippen LogP contribution in [0.5, 0.6) is 0 Å². The lowest BCUT2D eigenvalue weighted by molar-refractivity contribution is 0.0181. The Morgan fingerprint density at radius 1 is 1.32 bits per heavy atom. The van der Waals surface area contributed by atoms with E-state index in [1.54, 1.807) is 6.20 Å². The second-order valence-electron chi connectivity index (χ2n) is 7.01. The largest absolute Gasteiger partial charge is 0.444 e. The highest BCUT2D eigenvalue weighted by Gasteiger charge is 2.30. The molecule has 5 nitrogen and oxygen atoms in total. The zero-order chi connectivity index (χ0) is 15.7. The van der Waals surface area contributed by atoms with Crippen LogP contribution in [0.3, 0.4) is 0 Å². The SMILES string of the molecule is CC(C)(C)OC(=O)N1CCC([C@H]2C=c3cccnc3=N2)CC1. The number of piperidine rings is 1. The molecule has 118 valence electrons. The first-order valence-corrected chi connectivity index (χ1v) is 7.91. The lowest BCUT2D eigenvalue weighted by atomic mass is 9.90. The molecule has 1 atom stereocenters. The number of amides is 1. The van der Waals surface area contributed by atoms with Crippen LogP contribution in [0.15, 0.2) is 23.3 Å². The fourth-order valence-electron chi connectivity index (χ4n) is 3.00. The van der Waals surface area contributed by atoms with E-state index in [4.69, 9.17) is 9.73 Å². The van der Waals surface area contributed by atoms with E-state index in [1.807, 2.05) is 31.7 Å². The number of fused-ring (bicyclic) bond motifs is 1. The molecule has 0 aliphatic carbocycles. The molecule has 2 aliphatic heterocycles. The third-order valence-electron chi connectivity index (χ3n) is 4.11. The Hall–Kier alpha value is -1.91. The normalized spacial score (nSPS) is 21.8. The monoisotopic (exact) mass is 301 g/mol. The second kappa shape index (κ2) is 5.71. The minimum absolute atomic E-state index is 0.200. The summed E-state index contributed by atoms with van der Waals surface area (Å²) in [5.74, 6) is 0.480. The number of carbonyl (C=O) groups excluding carboxylic acids is 1. The lowest BCUT2D eigenvalue weighted by Crippen LogP contribution is -2.43. The van der Waals surface area contributed by atoms with Gasteiger partial charge in [-0.25, -0.2) is 9.78 Å². The van der Waals surface area contributed by atoms with Crippen LogP contribution in [0.1, 0.15) is 33.6 Å². The van der Waals surface area contributed by atoms with E-state index in [9.17, 15) is 4.79 Å². The minimum atomic E-state index is -0.435. The van der Waals surface area contributed by atoms with Crippen molar-refractivity contribution < 1.29 is 9.53 Å². The summed E-state index contributed by atoms with van der Waals surface area (Å²) in [5, 5.41) is 1.13. The molecule has 0 bridgehead atoms. The molecule has 1 aromatic rings. The molecule has 22 heavy (non-hydrogen) atoms. The topological polar surface area (TPSA) is 54.8 Å². The van der Waals surface area contributed by atoms with Crippen LogP contribution in [0.4, 0.5) is 4.79 Å². The molecule has 0 spiro atoms. The molecular formula is C17H23N3O2. The van der Waals surface area contributed by atoms with Crippen LogP contribution in [0.25, 0.3) is 6.08 Å². The molecule has 0 aromatic carbocycles. The van der Waals surface area contributed by atoms with Crippen LogP contribution in [-0.2, 0) is 4.74 Å². The minimum Gasteiger partial charge on any atom is -0.444 e. The van der Waals surface area contributed by atoms with Crippen LogP contribution in [-0.4, -0.2) is 40.7 Å². The van der Waals surface area contributed by atoms with E-state index in [1.165, 1.54) is 0 Å². The maximum atomic E-state index is 12.1. The van der Waals surface area contributed by atoms with Crippen molar-refractivity contribution in [3.63, 3.8) is 0 Å². The number of aromatic nitrogens is 1. The van der Waals surface area contributed by atoms with Gasteiger partial charge in [-0.2, -0.15) is 0 Å². The van der Waals surface area contributed by atoms with E-state index >= 15 is 0 Å². The van der Waals surface area contributed by atoms with Gasteiger partial charge >= 0.3 is 6.09 Å². The average molecular weight is 301 g/mol. The molecule has 1 fully saturated rings. The van der Waals surface area contributed by atoms with Gasteiger partial charge in [-0.1, -0.05) is 0 Å². The van der Waals surface area contributed by atoms with Crippen molar-refractivity contribution in [2.45, 2.75) is 45.3 Å². The molecule has 2 aliphatic rings. The van der Waals surface area contributed by atoms with E-state index in [0.717, 1.165) is 36.6 Å². The van der Waals surface area contributed by atoms with Crippen molar-refractivity contribution in [3.8, 4) is 0 Å². The highest BCUT2D eigenvalue weighted by atomic mass is 16.6. The molecule has 5 heteroatoms. The molecule has 1 aromatic heterocycles. The average Bonchev–Trinajstić information content (AvgIpc) is 2.89. The summed E-state index contributed by atoms with van der Waals surface area (Å²) in [5.41, 5.74) is 0.414. The number of nitrogens with zero attached hydrogens (tertiary/aromatic N) is 3. The Morgan fingerprint density at radius 3 is 2.68 bits per heavy atom. The van der Waals surface area contributed by atoms with Gasteiger partial charge in [-0.15, -0.1) is 0 Å². The number of hydrogen-bond donors (Lipinski definition) is 0. The molecule has 1 amide bonds. The van der Waals surface area contributed by atoms with Crippen LogP contribution in [0, 0.1) is 5.92 Å². The highest BCUT2D eigenvalue weighted by Crippen LogP contribution is 2.25. The Kier molecular flexibility index (Phi) is 3.89. The van der Waals surface area contributed by atoms with Crippen molar-refractivity contribution in [3.05, 3.63) is 29.0 Å². The van der Waals surface area contributed by atoms with Gasteiger partial charge in [0.2, 0.25) is 0 Å². The summed E-state index contributed by atoms with van der Waals surface area (Å²) in [6.07, 6.45) is 5.69. The van der Waals surface area contributed by atoms with Crippen LogP contribution in [0.2, 0.25) is 0 Å². The van der Waals surface area contributed by atoms with E-state index < -0.39 is 5.60 Å². The predicted octanol–water partition coefficient (Wildman–Crippen LogP) is 1.51. The van der Waals surface area contributed by atoms with Crippen molar-refractivity contribution in [1.82, 2.24) is 9.88 Å². The first-order valence-electron chi connectivity index (χ1n) is 7.91. The quantitative estimate of drug-likeness (QED) is 0.790. The van der Waals surface area contributed by atoms with Crippen molar-refractivity contribution >= 4 is 12.2 Å². The standard InChI is InChI=1S/C17H23N3O2/c1-17(2,3)22-16(21)20-9-6-12(7-10-20)14-11-13-5-4-8-18-15(13)19-14/h4-5,8,11-12,14H,6-7,9-10H2,1-3H3/t14-/m1/s1. The van der Waals surface area contributed by atoms with Crippen LogP contribution < -0.4 is 10.7 Å². The molecule has 0 saturated carbocycles. The molecule has 1 saturated heterocycles. The number of pyridine rings is 1. The second-order valence-corrected chi connectivity index (χ2v) is 7.01. The zero-order valence-corrected chi connectivity index (χ0v) is 13.5. The van der Waals surface area contributed by atoms with Gasteiger partial charge in [0, 0.05) is 24.5 Å². The summed E-state index contributed by atoms with van der Waals surface area (Å²) >= 11 is 0. The van der Waals surface area contributed by atoms with E-state index in [2.05, 4.69) is 17.1 Å². The van der Waals surface area contributed by atoms with Crippen molar-refractivity contribution in [2.24, 2.45) is 10.9 Å². The summed E-state index contributed by atoms with van der Waals surface area (Å²) in [6, 6.07) is 4.20. The predicted molar refractivity (Wildman–Crippen MR) is 83.8 cm³/mol. The van der Waals surface area contributed by atoms with Gasteiger partial charge in [0.1, 0.15) is 5.60 Å². The summed E-state index contributed by atoms with van der Waals surface area (Å²) in [7, 11) is 0. The van der Waals surface area contributed by atoms with E-state index in [0.29, 0.717) is 5.92 Å². The fourth-order valence-corrected chi connectivity index (χ4v) is 3.00. The third-order valence-corrected chi connectivity index (χ3v) is 4.11. The van der Waals surface area contributed by atoms with Crippen LogP contribution >= 0.6 is 0 Å². The summed E-state index contributed by atoms with van der Waals surface area (Å²) in [4.78, 5) is 22.9. The van der Waals surface area contributed by atoms with Gasteiger partial charge < -0.3 is 9.64 Å². The lowest BCUT2D eigenvalue weighted by Gasteiger charge is -2.34. The van der Waals surface area contributed by atoms with Gasteiger partial charge in [-0.05, 0) is 57.7 Å². The number of carbonyl (C=O) groups is 1. The summed E-state index contributed by atoms with van der Waals surface area (Å²) in [6.45, 7) is 7.17. The fraction of sp³-hybridized carbons (Fsp3) is 0.588. The maximum absolute atomic E-state index is 12.1. The Balaban J connectivity index is 1.59. The van der Waals surface area contributed by atoms with Crippen molar-refractivity contribution in [1.29, 1.82) is 0 Å². The van der Waals surface area contributed by atoms with Crippen molar-refractivity contribution in [2.75, 3.05) is 13.1 Å². The van der Waals surface area contributed by atoms with Gasteiger partial charge in [0.05, 0.1) is 6.04 Å². The third kappa shape index (κ3) is 3.29. The van der Waals surface area contributed by atoms with Gasteiger partial charge in [0.25, 0.3) is 0 Å². The first-order chi connectivity index (χ1) is 10.4. The molecular weight excluding hydrogens is 278 g/mol. The summed E-state index contributed by atoms with van der Waals surface area (Å²) < 4.78 is 5.43. The molecule has 0 radical (unpaired) electrons. The molecule has 0 unspecified atom stereocenters. The molecule has 3 heterocycles. The van der Waals surface area contributed by atoms with E-state index in [-0.39, 0.29) is 12.1 Å². The maximum Gasteiger partial charge on any atom is 0.410 e. The zero-order valence-electron chi connectivity index (χ0n) is 13.5. The number of ether oxygens (including phenoxy) is 1. The number of hydrogen-bond acceptors (Lipinski definition) is 4. The first kappa shape index (κ1) is 15.0. The number of rotatable bonds is 1. The molecule has 3 rings (SSSR count). The molecule has 0 N–H and O–H groups in total. The van der Waals surface area contributed by atoms with Gasteiger partial charge in [0.15, 0.2) is 5.49 Å². The smallest absolute Gasteiger partial charge is 0.410 e.